The highest BCUT2D eigenvalue weighted by atomic mass is 32.2. The van der Waals surface area contributed by atoms with Crippen LogP contribution in [0.4, 0.5) is 8.78 Å². The van der Waals surface area contributed by atoms with Crippen molar-refractivity contribution in [1.82, 2.24) is 9.55 Å². The summed E-state index contributed by atoms with van der Waals surface area (Å²) in [5, 5.41) is 0.787. The maximum Gasteiger partial charge on any atom is 0.387 e. The van der Waals surface area contributed by atoms with E-state index in [1.807, 2.05) is 31.2 Å². The molecule has 1 heterocycles. The number of imidazole rings is 1. The zero-order valence-electron chi connectivity index (χ0n) is 13.5. The molecule has 0 saturated carbocycles. The summed E-state index contributed by atoms with van der Waals surface area (Å²) in [5.74, 6) is 0.161. The molecule has 25 heavy (non-hydrogen) atoms. The molecule has 0 aliphatic rings. The van der Waals surface area contributed by atoms with Gasteiger partial charge in [-0.3, -0.25) is 4.79 Å². The van der Waals surface area contributed by atoms with Gasteiger partial charge in [0.05, 0.1) is 16.8 Å². The highest BCUT2D eigenvalue weighted by molar-refractivity contribution is 7.99. The minimum atomic E-state index is -2.88. The van der Waals surface area contributed by atoms with Crippen molar-refractivity contribution in [2.45, 2.75) is 25.2 Å². The Morgan fingerprint density at radius 1 is 1.20 bits per heavy atom. The molecule has 0 unspecified atom stereocenters. The number of carbonyl (C=O) groups is 1. The van der Waals surface area contributed by atoms with Crippen molar-refractivity contribution < 1.29 is 18.3 Å². The van der Waals surface area contributed by atoms with Crippen LogP contribution in [-0.4, -0.2) is 27.7 Å². The average molecular weight is 362 g/mol. The van der Waals surface area contributed by atoms with Gasteiger partial charge in [-0.05, 0) is 43.3 Å². The lowest BCUT2D eigenvalue weighted by atomic mass is 10.1. The lowest BCUT2D eigenvalue weighted by Crippen LogP contribution is -2.05. The molecule has 3 aromatic rings. The van der Waals surface area contributed by atoms with E-state index in [9.17, 15) is 13.6 Å². The summed E-state index contributed by atoms with van der Waals surface area (Å²) >= 11 is 1.37. The largest absolute Gasteiger partial charge is 0.435 e. The van der Waals surface area contributed by atoms with Crippen LogP contribution < -0.4 is 4.74 Å². The van der Waals surface area contributed by atoms with E-state index in [2.05, 4.69) is 14.3 Å². The first kappa shape index (κ1) is 17.4. The number of aromatic nitrogens is 2. The van der Waals surface area contributed by atoms with E-state index in [1.165, 1.54) is 36.0 Å². The summed E-state index contributed by atoms with van der Waals surface area (Å²) in [6.07, 6.45) is 0. The van der Waals surface area contributed by atoms with Gasteiger partial charge >= 0.3 is 6.61 Å². The third-order valence-corrected chi connectivity index (χ3v) is 4.65. The number of benzene rings is 2. The Hall–Kier alpha value is -2.41. The number of alkyl halides is 2. The van der Waals surface area contributed by atoms with Crippen molar-refractivity contribution in [2.24, 2.45) is 0 Å². The quantitative estimate of drug-likeness (QED) is 0.454. The van der Waals surface area contributed by atoms with Crippen LogP contribution in [0.1, 0.15) is 17.3 Å². The zero-order valence-corrected chi connectivity index (χ0v) is 14.3. The molecule has 0 atom stereocenters. The summed E-state index contributed by atoms with van der Waals surface area (Å²) in [7, 11) is 0. The van der Waals surface area contributed by atoms with E-state index in [-0.39, 0.29) is 17.3 Å². The van der Waals surface area contributed by atoms with Crippen molar-refractivity contribution in [3.63, 3.8) is 0 Å². The normalized spacial score (nSPS) is 11.2. The molecule has 0 N–H and O–H groups in total. The molecule has 2 aromatic carbocycles. The number of hydrogen-bond donors (Lipinski definition) is 0. The van der Waals surface area contributed by atoms with Crippen LogP contribution in [0.3, 0.4) is 0 Å². The SMILES string of the molecule is CCn1c(SCC(=O)c2ccc(OC(F)F)cc2)nc2ccccc21. The number of rotatable bonds is 7. The smallest absolute Gasteiger partial charge is 0.387 e. The van der Waals surface area contributed by atoms with Gasteiger partial charge in [0.25, 0.3) is 0 Å². The monoisotopic (exact) mass is 362 g/mol. The standard InChI is InChI=1S/C18H16F2N2O2S/c1-2-22-15-6-4-3-5-14(15)21-18(22)25-11-16(23)12-7-9-13(10-8-12)24-17(19)20/h3-10,17H,2,11H2,1H3. The molecule has 0 saturated heterocycles. The van der Waals surface area contributed by atoms with E-state index in [1.54, 1.807) is 0 Å². The number of ether oxygens (including phenoxy) is 1. The Kier molecular flexibility index (Phi) is 5.33. The second kappa shape index (κ2) is 7.65. The van der Waals surface area contributed by atoms with E-state index in [0.717, 1.165) is 22.7 Å². The number of fused-ring (bicyclic) bond motifs is 1. The highest BCUT2D eigenvalue weighted by Gasteiger charge is 2.13. The number of Topliss-reactive ketones (excluding diaryl/α,β-unsaturated/α-hetero) is 1. The topological polar surface area (TPSA) is 44.1 Å². The highest BCUT2D eigenvalue weighted by Crippen LogP contribution is 2.25. The Morgan fingerprint density at radius 2 is 1.92 bits per heavy atom. The van der Waals surface area contributed by atoms with Crippen LogP contribution in [0.2, 0.25) is 0 Å². The lowest BCUT2D eigenvalue weighted by Gasteiger charge is -2.06. The maximum absolute atomic E-state index is 12.3. The third-order valence-electron chi connectivity index (χ3n) is 3.67. The van der Waals surface area contributed by atoms with Gasteiger partial charge in [-0.25, -0.2) is 4.98 Å². The summed E-state index contributed by atoms with van der Waals surface area (Å²) in [6, 6.07) is 13.5. The van der Waals surface area contributed by atoms with Gasteiger partial charge in [-0.1, -0.05) is 23.9 Å². The average Bonchev–Trinajstić information content (AvgIpc) is 2.97. The van der Waals surface area contributed by atoms with Crippen LogP contribution in [0.25, 0.3) is 11.0 Å². The minimum Gasteiger partial charge on any atom is -0.435 e. The summed E-state index contributed by atoms with van der Waals surface area (Å²) < 4.78 is 30.6. The first-order valence-corrected chi connectivity index (χ1v) is 8.73. The molecule has 0 radical (unpaired) electrons. The fourth-order valence-corrected chi connectivity index (χ4v) is 3.48. The summed E-state index contributed by atoms with van der Waals surface area (Å²) in [6.45, 7) is -0.0857. The molecular weight excluding hydrogens is 346 g/mol. The molecule has 0 aliphatic carbocycles. The number of thioether (sulfide) groups is 1. The summed E-state index contributed by atoms with van der Waals surface area (Å²) in [5.41, 5.74) is 2.38. The van der Waals surface area contributed by atoms with E-state index < -0.39 is 6.61 Å². The second-order valence-electron chi connectivity index (χ2n) is 5.24. The minimum absolute atomic E-state index is 0.0342. The molecular formula is C18H16F2N2O2S. The third kappa shape index (κ3) is 3.99. The Balaban J connectivity index is 1.70. The van der Waals surface area contributed by atoms with Crippen molar-refractivity contribution in [3.05, 3.63) is 54.1 Å². The molecule has 0 amide bonds. The van der Waals surface area contributed by atoms with E-state index >= 15 is 0 Å². The maximum atomic E-state index is 12.3. The van der Waals surface area contributed by atoms with Crippen molar-refractivity contribution in [2.75, 3.05) is 5.75 Å². The van der Waals surface area contributed by atoms with Gasteiger partial charge in [0.1, 0.15) is 5.75 Å². The van der Waals surface area contributed by atoms with Gasteiger partial charge < -0.3 is 9.30 Å². The Bertz CT molecular complexity index is 878. The Morgan fingerprint density at radius 3 is 2.60 bits per heavy atom. The molecule has 0 bridgehead atoms. The first-order valence-electron chi connectivity index (χ1n) is 7.74. The number of para-hydroxylation sites is 2. The number of ketones is 1. The van der Waals surface area contributed by atoms with E-state index in [0.29, 0.717) is 5.56 Å². The van der Waals surface area contributed by atoms with Gasteiger partial charge in [-0.2, -0.15) is 8.78 Å². The molecule has 0 fully saturated rings. The summed E-state index contributed by atoms with van der Waals surface area (Å²) in [4.78, 5) is 16.9. The predicted molar refractivity (Wildman–Crippen MR) is 93.5 cm³/mol. The number of halogens is 2. The molecule has 0 aliphatic heterocycles. The van der Waals surface area contributed by atoms with Crippen molar-refractivity contribution >= 4 is 28.6 Å². The molecule has 4 nitrogen and oxygen atoms in total. The Labute approximate surface area is 147 Å². The fourth-order valence-electron chi connectivity index (χ4n) is 2.50. The van der Waals surface area contributed by atoms with Gasteiger partial charge in [-0.15, -0.1) is 0 Å². The van der Waals surface area contributed by atoms with Crippen molar-refractivity contribution in [3.8, 4) is 5.75 Å². The number of aryl methyl sites for hydroxylation is 1. The number of hydrogen-bond acceptors (Lipinski definition) is 4. The van der Waals surface area contributed by atoms with Gasteiger partial charge in [0.2, 0.25) is 0 Å². The number of carbonyl (C=O) groups excluding carboxylic acids is 1. The van der Waals surface area contributed by atoms with Gasteiger partial charge in [0, 0.05) is 12.1 Å². The first-order chi connectivity index (χ1) is 12.1. The van der Waals surface area contributed by atoms with Crippen LogP contribution in [0.15, 0.2) is 53.7 Å². The van der Waals surface area contributed by atoms with Crippen LogP contribution in [0, 0.1) is 0 Å². The molecule has 1 aromatic heterocycles. The zero-order chi connectivity index (χ0) is 17.8. The molecule has 7 heteroatoms. The fraction of sp³-hybridized carbons (Fsp3) is 0.222. The van der Waals surface area contributed by atoms with Crippen LogP contribution >= 0.6 is 11.8 Å². The predicted octanol–water partition coefficient (Wildman–Crippen LogP) is 4.63. The molecule has 3 rings (SSSR count). The number of nitrogens with zero attached hydrogens (tertiary/aromatic N) is 2. The molecule has 0 spiro atoms. The lowest BCUT2D eigenvalue weighted by molar-refractivity contribution is -0.0498. The van der Waals surface area contributed by atoms with E-state index in [4.69, 9.17) is 0 Å². The molecule has 130 valence electrons. The van der Waals surface area contributed by atoms with Crippen molar-refractivity contribution in [1.29, 1.82) is 0 Å². The van der Waals surface area contributed by atoms with Gasteiger partial charge in [0.15, 0.2) is 10.9 Å². The van der Waals surface area contributed by atoms with Crippen LogP contribution in [-0.2, 0) is 6.54 Å². The second-order valence-corrected chi connectivity index (χ2v) is 6.18. The van der Waals surface area contributed by atoms with Crippen LogP contribution in [0.5, 0.6) is 5.75 Å².